The molecule has 5 heteroatoms. The van der Waals surface area contributed by atoms with Crippen LogP contribution >= 0.6 is 11.8 Å². The van der Waals surface area contributed by atoms with Crippen molar-refractivity contribution in [2.45, 2.75) is 31.2 Å². The Kier molecular flexibility index (Phi) is 5.66. The average Bonchev–Trinajstić information content (AvgIpc) is 2.63. The quantitative estimate of drug-likeness (QED) is 0.428. The lowest BCUT2D eigenvalue weighted by atomic mass is 10.2. The molecule has 2 aromatic carbocycles. The topological polar surface area (TPSA) is 35.0 Å². The summed E-state index contributed by atoms with van der Waals surface area (Å²) in [5, 5.41) is 0.588. The van der Waals surface area contributed by atoms with Crippen LogP contribution in [0.25, 0.3) is 0 Å². The van der Waals surface area contributed by atoms with Crippen LogP contribution in [0.1, 0.15) is 23.7 Å². The highest BCUT2D eigenvalue weighted by Crippen LogP contribution is 2.26. The number of benzene rings is 2. The Labute approximate surface area is 151 Å². The Morgan fingerprint density at radius 3 is 2.52 bits per heavy atom. The smallest absolute Gasteiger partial charge is 0.223 e. The summed E-state index contributed by atoms with van der Waals surface area (Å²) in [4.78, 5) is 8.95. The van der Waals surface area contributed by atoms with Crippen molar-refractivity contribution in [3.8, 4) is 11.6 Å². The van der Waals surface area contributed by atoms with E-state index in [0.29, 0.717) is 22.4 Å². The van der Waals surface area contributed by atoms with Crippen LogP contribution in [0, 0.1) is 12.7 Å². The molecular formula is C20H19FN2OS. The van der Waals surface area contributed by atoms with Crippen molar-refractivity contribution >= 4 is 11.8 Å². The lowest BCUT2D eigenvalue weighted by molar-refractivity contribution is 0.454. The molecule has 1 aromatic heterocycles. The molecule has 0 fully saturated rings. The molecule has 3 aromatic rings. The van der Waals surface area contributed by atoms with Gasteiger partial charge in [-0.3, -0.25) is 0 Å². The summed E-state index contributed by atoms with van der Waals surface area (Å²) in [6, 6.07) is 16.4. The summed E-state index contributed by atoms with van der Waals surface area (Å²) in [5.41, 5.74) is 2.71. The number of aryl methyl sites for hydroxylation is 2. The van der Waals surface area contributed by atoms with Crippen molar-refractivity contribution in [3.05, 3.63) is 77.2 Å². The molecule has 0 saturated carbocycles. The van der Waals surface area contributed by atoms with E-state index in [1.54, 1.807) is 12.1 Å². The first kappa shape index (κ1) is 17.4. The number of nitrogens with zero attached hydrogens (tertiary/aromatic N) is 2. The molecule has 0 saturated heterocycles. The predicted molar refractivity (Wildman–Crippen MR) is 98.6 cm³/mol. The van der Waals surface area contributed by atoms with Gasteiger partial charge in [0.05, 0.1) is 0 Å². The van der Waals surface area contributed by atoms with Crippen LogP contribution in [0.2, 0.25) is 0 Å². The number of aromatic nitrogens is 2. The molecule has 1 heterocycles. The van der Waals surface area contributed by atoms with Crippen LogP contribution in [-0.4, -0.2) is 9.97 Å². The first-order chi connectivity index (χ1) is 12.1. The van der Waals surface area contributed by atoms with Crippen molar-refractivity contribution in [3.63, 3.8) is 0 Å². The second kappa shape index (κ2) is 8.12. The third kappa shape index (κ3) is 4.79. The van der Waals surface area contributed by atoms with E-state index < -0.39 is 0 Å². The van der Waals surface area contributed by atoms with Gasteiger partial charge in [-0.05, 0) is 37.1 Å². The lowest BCUT2D eigenvalue weighted by Gasteiger charge is -2.09. The van der Waals surface area contributed by atoms with Gasteiger partial charge in [0.25, 0.3) is 0 Å². The molecule has 3 rings (SSSR count). The minimum absolute atomic E-state index is 0.210. The van der Waals surface area contributed by atoms with Gasteiger partial charge in [-0.2, -0.15) is 4.98 Å². The summed E-state index contributed by atoms with van der Waals surface area (Å²) in [6.45, 7) is 4.06. The van der Waals surface area contributed by atoms with Crippen molar-refractivity contribution in [1.82, 2.24) is 9.97 Å². The maximum atomic E-state index is 13.8. The van der Waals surface area contributed by atoms with E-state index in [1.165, 1.54) is 23.4 Å². The van der Waals surface area contributed by atoms with Crippen LogP contribution in [0.4, 0.5) is 4.39 Å². The van der Waals surface area contributed by atoms with Crippen molar-refractivity contribution in [2.75, 3.05) is 0 Å². The Morgan fingerprint density at radius 2 is 1.80 bits per heavy atom. The molecule has 0 spiro atoms. The van der Waals surface area contributed by atoms with Crippen LogP contribution in [0.3, 0.4) is 0 Å². The van der Waals surface area contributed by atoms with Gasteiger partial charge in [0.15, 0.2) is 5.16 Å². The summed E-state index contributed by atoms with van der Waals surface area (Å²) in [7, 11) is 0. The van der Waals surface area contributed by atoms with Crippen molar-refractivity contribution in [2.24, 2.45) is 0 Å². The molecule has 0 radical (unpaired) electrons. The fourth-order valence-corrected chi connectivity index (χ4v) is 3.09. The van der Waals surface area contributed by atoms with Crippen molar-refractivity contribution in [1.29, 1.82) is 0 Å². The second-order valence-electron chi connectivity index (χ2n) is 5.63. The Balaban J connectivity index is 1.77. The standard InChI is InChI=1S/C20H19FN2OS/c1-3-16-12-19(24-17-10-8-14(2)9-11-17)23-20(22-16)25-13-15-6-4-5-7-18(15)21/h4-12H,3,13H2,1-2H3. The van der Waals surface area contributed by atoms with Gasteiger partial charge in [-0.1, -0.05) is 54.6 Å². The molecule has 0 aliphatic heterocycles. The van der Waals surface area contributed by atoms with Crippen LogP contribution in [-0.2, 0) is 12.2 Å². The highest BCUT2D eigenvalue weighted by Gasteiger charge is 2.09. The van der Waals surface area contributed by atoms with E-state index in [9.17, 15) is 4.39 Å². The van der Waals surface area contributed by atoms with E-state index >= 15 is 0 Å². The Bertz CT molecular complexity index is 853. The average molecular weight is 354 g/mol. The van der Waals surface area contributed by atoms with E-state index in [2.05, 4.69) is 9.97 Å². The maximum Gasteiger partial charge on any atom is 0.223 e. The van der Waals surface area contributed by atoms with E-state index in [0.717, 1.165) is 17.9 Å². The zero-order valence-corrected chi connectivity index (χ0v) is 15.0. The zero-order valence-electron chi connectivity index (χ0n) is 14.2. The predicted octanol–water partition coefficient (Wildman–Crippen LogP) is 5.57. The third-order valence-corrected chi connectivity index (χ3v) is 4.55. The largest absolute Gasteiger partial charge is 0.439 e. The molecule has 25 heavy (non-hydrogen) atoms. The minimum Gasteiger partial charge on any atom is -0.439 e. The number of hydrogen-bond donors (Lipinski definition) is 0. The molecule has 0 aliphatic rings. The zero-order chi connectivity index (χ0) is 17.6. The summed E-state index contributed by atoms with van der Waals surface area (Å²) >= 11 is 1.40. The van der Waals surface area contributed by atoms with Gasteiger partial charge in [0.1, 0.15) is 11.6 Å². The van der Waals surface area contributed by atoms with Gasteiger partial charge < -0.3 is 4.74 Å². The normalized spacial score (nSPS) is 10.7. The number of thioether (sulfide) groups is 1. The molecule has 0 atom stereocenters. The molecule has 128 valence electrons. The van der Waals surface area contributed by atoms with Gasteiger partial charge in [0, 0.05) is 17.5 Å². The SMILES string of the molecule is CCc1cc(Oc2ccc(C)cc2)nc(SCc2ccccc2F)n1. The third-order valence-electron chi connectivity index (χ3n) is 3.66. The Morgan fingerprint density at radius 1 is 1.04 bits per heavy atom. The van der Waals surface area contributed by atoms with Gasteiger partial charge >= 0.3 is 0 Å². The van der Waals surface area contributed by atoms with Crippen LogP contribution < -0.4 is 4.74 Å². The summed E-state index contributed by atoms with van der Waals surface area (Å²) < 4.78 is 19.6. The lowest BCUT2D eigenvalue weighted by Crippen LogP contribution is -1.98. The van der Waals surface area contributed by atoms with Crippen molar-refractivity contribution < 1.29 is 9.13 Å². The fraction of sp³-hybridized carbons (Fsp3) is 0.200. The van der Waals surface area contributed by atoms with E-state index in [-0.39, 0.29) is 5.82 Å². The molecule has 0 aliphatic carbocycles. The first-order valence-electron chi connectivity index (χ1n) is 8.12. The van der Waals surface area contributed by atoms with Crippen LogP contribution in [0.15, 0.2) is 59.8 Å². The second-order valence-corrected chi connectivity index (χ2v) is 6.57. The molecule has 0 bridgehead atoms. The molecule has 0 amide bonds. The first-order valence-corrected chi connectivity index (χ1v) is 9.11. The van der Waals surface area contributed by atoms with E-state index in [1.807, 2.05) is 50.2 Å². The fourth-order valence-electron chi connectivity index (χ4n) is 2.23. The minimum atomic E-state index is -0.210. The summed E-state index contributed by atoms with van der Waals surface area (Å²) in [5.74, 6) is 1.50. The molecule has 0 N–H and O–H groups in total. The molecular weight excluding hydrogens is 335 g/mol. The highest BCUT2D eigenvalue weighted by atomic mass is 32.2. The summed E-state index contributed by atoms with van der Waals surface area (Å²) in [6.07, 6.45) is 0.778. The number of ether oxygens (including phenoxy) is 1. The number of rotatable bonds is 6. The molecule has 0 unspecified atom stereocenters. The van der Waals surface area contributed by atoms with Gasteiger partial charge in [-0.15, -0.1) is 0 Å². The monoisotopic (exact) mass is 354 g/mol. The van der Waals surface area contributed by atoms with Gasteiger partial charge in [0.2, 0.25) is 5.88 Å². The Hall–Kier alpha value is -2.40. The van der Waals surface area contributed by atoms with Gasteiger partial charge in [-0.25, -0.2) is 9.37 Å². The number of halogens is 1. The van der Waals surface area contributed by atoms with E-state index in [4.69, 9.17) is 4.74 Å². The highest BCUT2D eigenvalue weighted by molar-refractivity contribution is 7.98. The van der Waals surface area contributed by atoms with Crippen LogP contribution in [0.5, 0.6) is 11.6 Å². The number of hydrogen-bond acceptors (Lipinski definition) is 4. The molecule has 3 nitrogen and oxygen atoms in total. The maximum absolute atomic E-state index is 13.8.